The molecule has 0 fully saturated rings. The molecule has 0 aliphatic carbocycles. The van der Waals surface area contributed by atoms with Gasteiger partial charge in [0.15, 0.2) is 0 Å². The summed E-state index contributed by atoms with van der Waals surface area (Å²) in [5.41, 5.74) is 2.01. The third-order valence-corrected chi connectivity index (χ3v) is 8.58. The summed E-state index contributed by atoms with van der Waals surface area (Å²) >= 11 is 12.3. The molecule has 1 N–H and O–H groups in total. The van der Waals surface area contributed by atoms with Crippen LogP contribution in [0.25, 0.3) is 0 Å². The molecule has 0 aliphatic rings. The van der Waals surface area contributed by atoms with Gasteiger partial charge in [0.2, 0.25) is 11.8 Å². The second-order valence-corrected chi connectivity index (χ2v) is 12.2. The first-order chi connectivity index (χ1) is 18.4. The molecule has 0 unspecified atom stereocenters. The van der Waals surface area contributed by atoms with Gasteiger partial charge in [0, 0.05) is 12.6 Å². The topological polar surface area (TPSA) is 86.8 Å². The predicted octanol–water partition coefficient (Wildman–Crippen LogP) is 5.83. The van der Waals surface area contributed by atoms with Crippen LogP contribution in [0.3, 0.4) is 0 Å². The van der Waals surface area contributed by atoms with E-state index in [4.69, 9.17) is 23.2 Å². The first-order valence-corrected chi connectivity index (χ1v) is 14.8. The van der Waals surface area contributed by atoms with E-state index in [1.54, 1.807) is 18.2 Å². The molecule has 0 bridgehead atoms. The van der Waals surface area contributed by atoms with E-state index in [2.05, 4.69) is 5.32 Å². The van der Waals surface area contributed by atoms with Gasteiger partial charge in [0.05, 0.1) is 20.6 Å². The number of benzene rings is 3. The molecule has 0 saturated carbocycles. The molecule has 208 valence electrons. The van der Waals surface area contributed by atoms with Crippen molar-refractivity contribution in [1.82, 2.24) is 10.2 Å². The van der Waals surface area contributed by atoms with Crippen molar-refractivity contribution in [2.75, 3.05) is 10.8 Å². The maximum Gasteiger partial charge on any atom is 0.264 e. The van der Waals surface area contributed by atoms with Gasteiger partial charge < -0.3 is 10.2 Å². The molecule has 2 amide bonds. The average Bonchev–Trinajstić information content (AvgIpc) is 2.88. The Morgan fingerprint density at radius 3 is 2.21 bits per heavy atom. The summed E-state index contributed by atoms with van der Waals surface area (Å²) in [4.78, 5) is 28.6. The Balaban J connectivity index is 2.08. The van der Waals surface area contributed by atoms with E-state index in [1.165, 1.54) is 35.2 Å². The number of rotatable bonds is 11. The summed E-state index contributed by atoms with van der Waals surface area (Å²) in [6.45, 7) is 7.03. The molecule has 0 heterocycles. The minimum atomic E-state index is -4.18. The van der Waals surface area contributed by atoms with E-state index < -0.39 is 28.5 Å². The van der Waals surface area contributed by atoms with Crippen LogP contribution in [-0.2, 0) is 26.2 Å². The summed E-state index contributed by atoms with van der Waals surface area (Å²) < 4.78 is 28.6. The van der Waals surface area contributed by atoms with Crippen molar-refractivity contribution in [3.8, 4) is 0 Å². The minimum Gasteiger partial charge on any atom is -0.352 e. The van der Waals surface area contributed by atoms with E-state index in [9.17, 15) is 18.0 Å². The van der Waals surface area contributed by atoms with Crippen molar-refractivity contribution < 1.29 is 18.0 Å². The molecule has 0 aromatic heterocycles. The molecule has 3 aromatic rings. The Kier molecular flexibility index (Phi) is 10.4. The number of sulfonamides is 1. The van der Waals surface area contributed by atoms with Gasteiger partial charge in [-0.1, -0.05) is 78.2 Å². The Hall–Kier alpha value is -3.07. The average molecular weight is 591 g/mol. The number of halogens is 2. The zero-order valence-electron chi connectivity index (χ0n) is 22.4. The third-order valence-electron chi connectivity index (χ3n) is 6.05. The monoisotopic (exact) mass is 589 g/mol. The Morgan fingerprint density at radius 2 is 1.62 bits per heavy atom. The van der Waals surface area contributed by atoms with Crippen molar-refractivity contribution in [1.29, 1.82) is 0 Å². The van der Waals surface area contributed by atoms with Crippen LogP contribution in [0.5, 0.6) is 0 Å². The number of hydrogen-bond donors (Lipinski definition) is 1. The molecule has 0 aliphatic heterocycles. The molecule has 7 nitrogen and oxygen atoms in total. The summed E-state index contributed by atoms with van der Waals surface area (Å²) in [6.07, 6.45) is 0.342. The van der Waals surface area contributed by atoms with Crippen LogP contribution in [0.15, 0.2) is 77.7 Å². The molecule has 10 heteroatoms. The summed E-state index contributed by atoms with van der Waals surface area (Å²) in [5.74, 6) is -0.839. The minimum absolute atomic E-state index is 0.0127. The van der Waals surface area contributed by atoms with E-state index >= 15 is 0 Å². The number of nitrogens with zero attached hydrogens (tertiary/aromatic N) is 2. The van der Waals surface area contributed by atoms with Crippen molar-refractivity contribution in [2.24, 2.45) is 0 Å². The van der Waals surface area contributed by atoms with Gasteiger partial charge >= 0.3 is 0 Å². The second-order valence-electron chi connectivity index (χ2n) is 9.52. The molecule has 1 atom stereocenters. The smallest absolute Gasteiger partial charge is 0.264 e. The van der Waals surface area contributed by atoms with Gasteiger partial charge in [-0.15, -0.1) is 0 Å². The Labute approximate surface area is 240 Å². The standard InChI is InChI=1S/C29H33Cl2N3O4S/c1-5-27(29(36)32-20(2)3)33(18-22-11-9-10-21(4)16-22)28(35)19-34(23-14-15-25(30)26(31)17-23)39(37,38)24-12-7-6-8-13-24/h6-17,20,27H,5,18-19H2,1-4H3,(H,32,36)/t27-/m1/s1. The second kappa shape index (κ2) is 13.3. The highest BCUT2D eigenvalue weighted by atomic mass is 35.5. The normalized spacial score (nSPS) is 12.2. The predicted molar refractivity (Wildman–Crippen MR) is 157 cm³/mol. The summed E-state index contributed by atoms with van der Waals surface area (Å²) in [7, 11) is -4.18. The van der Waals surface area contributed by atoms with Crippen molar-refractivity contribution in [3.05, 3.63) is 94.0 Å². The Morgan fingerprint density at radius 1 is 0.923 bits per heavy atom. The fourth-order valence-electron chi connectivity index (χ4n) is 4.20. The van der Waals surface area contributed by atoms with Gasteiger partial charge in [-0.3, -0.25) is 13.9 Å². The van der Waals surface area contributed by atoms with Crippen LogP contribution >= 0.6 is 23.2 Å². The lowest BCUT2D eigenvalue weighted by molar-refractivity contribution is -0.140. The quantitative estimate of drug-likeness (QED) is 0.305. The van der Waals surface area contributed by atoms with Crippen molar-refractivity contribution in [2.45, 2.75) is 57.6 Å². The summed E-state index contributed by atoms with van der Waals surface area (Å²) in [5, 5.41) is 3.28. The first kappa shape index (κ1) is 30.5. The number of amides is 2. The molecule has 0 spiro atoms. The molecule has 3 rings (SSSR count). The van der Waals surface area contributed by atoms with Crippen LogP contribution in [-0.4, -0.2) is 43.8 Å². The number of hydrogen-bond acceptors (Lipinski definition) is 4. The lowest BCUT2D eigenvalue weighted by atomic mass is 10.1. The zero-order chi connectivity index (χ0) is 28.7. The van der Waals surface area contributed by atoms with Gasteiger partial charge in [0.25, 0.3) is 10.0 Å². The number of nitrogens with one attached hydrogen (secondary N) is 1. The SMILES string of the molecule is CC[C@H](C(=O)NC(C)C)N(Cc1cccc(C)c1)C(=O)CN(c1ccc(Cl)c(Cl)c1)S(=O)(=O)c1ccccc1. The third kappa shape index (κ3) is 7.75. The maximum atomic E-state index is 14.0. The highest BCUT2D eigenvalue weighted by Gasteiger charge is 2.34. The van der Waals surface area contributed by atoms with Crippen molar-refractivity contribution in [3.63, 3.8) is 0 Å². The fraction of sp³-hybridized carbons (Fsp3) is 0.310. The van der Waals surface area contributed by atoms with E-state index in [0.29, 0.717) is 6.42 Å². The molecule has 0 radical (unpaired) electrons. The van der Waals surface area contributed by atoms with Crippen LogP contribution in [0.4, 0.5) is 5.69 Å². The Bertz CT molecular complexity index is 1420. The number of aryl methyl sites for hydroxylation is 1. The maximum absolute atomic E-state index is 14.0. The van der Waals surface area contributed by atoms with Crippen LogP contribution < -0.4 is 9.62 Å². The van der Waals surface area contributed by atoms with Gasteiger partial charge in [-0.05, 0) is 63.1 Å². The highest BCUT2D eigenvalue weighted by molar-refractivity contribution is 7.92. The molecular formula is C29H33Cl2N3O4S. The van der Waals surface area contributed by atoms with Crippen LogP contribution in [0.1, 0.15) is 38.3 Å². The number of anilines is 1. The summed E-state index contributed by atoms with van der Waals surface area (Å²) in [6, 6.07) is 18.9. The van der Waals surface area contributed by atoms with Crippen LogP contribution in [0, 0.1) is 6.92 Å². The molecule has 3 aromatic carbocycles. The molecule has 0 saturated heterocycles. The zero-order valence-corrected chi connectivity index (χ0v) is 24.7. The lowest BCUT2D eigenvalue weighted by Gasteiger charge is -2.33. The lowest BCUT2D eigenvalue weighted by Crippen LogP contribution is -2.53. The molecule has 39 heavy (non-hydrogen) atoms. The first-order valence-electron chi connectivity index (χ1n) is 12.6. The van der Waals surface area contributed by atoms with Gasteiger partial charge in [-0.2, -0.15) is 0 Å². The number of carbonyl (C=O) groups is 2. The van der Waals surface area contributed by atoms with Gasteiger partial charge in [0.1, 0.15) is 12.6 Å². The van der Waals surface area contributed by atoms with Crippen LogP contribution in [0.2, 0.25) is 10.0 Å². The number of carbonyl (C=O) groups excluding carboxylic acids is 2. The van der Waals surface area contributed by atoms with E-state index in [1.807, 2.05) is 52.0 Å². The largest absolute Gasteiger partial charge is 0.352 e. The van der Waals surface area contributed by atoms with E-state index in [-0.39, 0.29) is 39.1 Å². The highest BCUT2D eigenvalue weighted by Crippen LogP contribution is 2.31. The molecular weight excluding hydrogens is 557 g/mol. The fourth-order valence-corrected chi connectivity index (χ4v) is 5.92. The van der Waals surface area contributed by atoms with Gasteiger partial charge in [-0.25, -0.2) is 8.42 Å². The van der Waals surface area contributed by atoms with Crippen molar-refractivity contribution >= 4 is 50.7 Å². The van der Waals surface area contributed by atoms with E-state index in [0.717, 1.165) is 15.4 Å².